The van der Waals surface area contributed by atoms with Crippen LogP contribution in [-0.2, 0) is 4.79 Å². The van der Waals surface area contributed by atoms with E-state index >= 15 is 0 Å². The van der Waals surface area contributed by atoms with Crippen LogP contribution in [-0.4, -0.2) is 33.3 Å². The molecule has 0 aliphatic rings. The van der Waals surface area contributed by atoms with Crippen molar-refractivity contribution in [2.45, 2.75) is 13.3 Å². The molecule has 0 aliphatic heterocycles. The number of carboxylic acids is 1. The summed E-state index contributed by atoms with van der Waals surface area (Å²) in [6.45, 7) is 2.10. The number of carbonyl (C=O) groups is 2. The largest absolute Gasteiger partial charge is 0.481 e. The number of nitrogens with one attached hydrogen (secondary N) is 1. The first kappa shape index (κ1) is 26.3. The molecule has 196 valence electrons. The Balaban J connectivity index is 1.51. The van der Waals surface area contributed by atoms with Crippen molar-refractivity contribution in [1.29, 1.82) is 0 Å². The van der Waals surface area contributed by atoms with Gasteiger partial charge in [-0.25, -0.2) is 4.68 Å². The number of carboxylic acid groups (broad SMARTS) is 1. The number of rotatable bonds is 8. The van der Waals surface area contributed by atoms with Crippen LogP contribution < -0.4 is 10.1 Å². The van der Waals surface area contributed by atoms with Crippen LogP contribution in [0.15, 0.2) is 85.1 Å². The predicted molar refractivity (Wildman–Crippen MR) is 152 cm³/mol. The summed E-state index contributed by atoms with van der Waals surface area (Å²) in [6.07, 6.45) is 1.46. The van der Waals surface area contributed by atoms with Crippen molar-refractivity contribution < 1.29 is 19.4 Å². The second-order valence-electron chi connectivity index (χ2n) is 8.96. The van der Waals surface area contributed by atoms with E-state index in [1.807, 2.05) is 6.07 Å². The van der Waals surface area contributed by atoms with Gasteiger partial charge in [0, 0.05) is 22.7 Å². The standard InChI is InChI=1S/C30H23Cl2N3O4/c1-18-2-3-21-15-22(5-4-20(21)14-18)29-27(17-34-35(29)26-16-23(31)8-11-25(26)32)39-24-9-6-19(7-10-24)30(38)33-13-12-28(36)37/h2-11,14-17H,12-13H2,1H3,(H,33,38)(H,36,37). The summed E-state index contributed by atoms with van der Waals surface area (Å²) in [7, 11) is 0. The Hall–Kier alpha value is -4.33. The first-order chi connectivity index (χ1) is 18.8. The van der Waals surface area contributed by atoms with Gasteiger partial charge < -0.3 is 15.2 Å². The van der Waals surface area contributed by atoms with E-state index in [9.17, 15) is 9.59 Å². The first-order valence-corrected chi connectivity index (χ1v) is 12.9. The summed E-state index contributed by atoms with van der Waals surface area (Å²) < 4.78 is 7.94. The van der Waals surface area contributed by atoms with E-state index in [4.69, 9.17) is 33.0 Å². The molecule has 1 amide bonds. The molecule has 0 radical (unpaired) electrons. The normalized spacial score (nSPS) is 10.9. The third kappa shape index (κ3) is 5.90. The molecule has 0 atom stereocenters. The van der Waals surface area contributed by atoms with Crippen molar-refractivity contribution in [2.24, 2.45) is 0 Å². The van der Waals surface area contributed by atoms with Crippen molar-refractivity contribution in [2.75, 3.05) is 6.54 Å². The Bertz CT molecular complexity index is 1700. The maximum atomic E-state index is 12.3. The lowest BCUT2D eigenvalue weighted by molar-refractivity contribution is -0.136. The second-order valence-corrected chi connectivity index (χ2v) is 9.80. The fraction of sp³-hybridized carbons (Fsp3) is 0.100. The van der Waals surface area contributed by atoms with Crippen LogP contribution in [0.5, 0.6) is 11.5 Å². The maximum Gasteiger partial charge on any atom is 0.305 e. The quantitative estimate of drug-likeness (QED) is 0.208. The number of ether oxygens (including phenoxy) is 1. The first-order valence-electron chi connectivity index (χ1n) is 12.1. The van der Waals surface area contributed by atoms with Crippen molar-refractivity contribution >= 4 is 45.9 Å². The number of aromatic nitrogens is 2. The minimum absolute atomic E-state index is 0.0480. The zero-order chi connectivity index (χ0) is 27.5. The van der Waals surface area contributed by atoms with Crippen molar-refractivity contribution in [3.63, 3.8) is 0 Å². The Morgan fingerprint density at radius 3 is 2.46 bits per heavy atom. The van der Waals surface area contributed by atoms with Gasteiger partial charge in [0.25, 0.3) is 5.91 Å². The Labute approximate surface area is 234 Å². The van der Waals surface area contributed by atoms with Gasteiger partial charge in [-0.15, -0.1) is 0 Å². The van der Waals surface area contributed by atoms with Crippen LogP contribution in [0.4, 0.5) is 0 Å². The smallest absolute Gasteiger partial charge is 0.305 e. The fourth-order valence-electron chi connectivity index (χ4n) is 4.20. The molecule has 5 rings (SSSR count). The molecular formula is C30H23Cl2N3O4. The van der Waals surface area contributed by atoms with Crippen molar-refractivity contribution in [1.82, 2.24) is 15.1 Å². The molecular weight excluding hydrogens is 537 g/mol. The highest BCUT2D eigenvalue weighted by Crippen LogP contribution is 2.38. The second kappa shape index (κ2) is 11.2. The number of halogens is 2. The van der Waals surface area contributed by atoms with E-state index in [1.54, 1.807) is 53.3 Å². The number of carbonyl (C=O) groups excluding carboxylic acids is 1. The lowest BCUT2D eigenvalue weighted by Gasteiger charge is -2.13. The third-order valence-corrected chi connectivity index (χ3v) is 6.66. The molecule has 39 heavy (non-hydrogen) atoms. The Morgan fingerprint density at radius 1 is 0.949 bits per heavy atom. The van der Waals surface area contributed by atoms with Crippen LogP contribution >= 0.6 is 23.2 Å². The van der Waals surface area contributed by atoms with Gasteiger partial charge in [0.1, 0.15) is 11.4 Å². The highest BCUT2D eigenvalue weighted by atomic mass is 35.5. The molecule has 0 bridgehead atoms. The number of nitrogens with zero attached hydrogens (tertiary/aromatic N) is 2. The van der Waals surface area contributed by atoms with E-state index in [-0.39, 0.29) is 18.9 Å². The number of hydrogen-bond donors (Lipinski definition) is 2. The lowest BCUT2D eigenvalue weighted by atomic mass is 10.0. The lowest BCUT2D eigenvalue weighted by Crippen LogP contribution is -2.25. The number of aliphatic carboxylic acids is 1. The van der Waals surface area contributed by atoms with Crippen molar-refractivity contribution in [3.8, 4) is 28.4 Å². The van der Waals surface area contributed by atoms with Gasteiger partial charge in [0.2, 0.25) is 0 Å². The average Bonchev–Trinajstić information content (AvgIpc) is 3.33. The summed E-state index contributed by atoms with van der Waals surface area (Å²) >= 11 is 12.8. The molecule has 9 heteroatoms. The molecule has 2 N–H and O–H groups in total. The fourth-order valence-corrected chi connectivity index (χ4v) is 4.57. The Morgan fingerprint density at radius 2 is 1.69 bits per heavy atom. The molecule has 0 unspecified atom stereocenters. The molecule has 4 aromatic carbocycles. The monoisotopic (exact) mass is 559 g/mol. The summed E-state index contributed by atoms with van der Waals surface area (Å²) in [4.78, 5) is 23.0. The molecule has 1 heterocycles. The minimum Gasteiger partial charge on any atom is -0.481 e. The predicted octanol–water partition coefficient (Wildman–Crippen LogP) is 7.30. The van der Waals surface area contributed by atoms with E-state index in [0.29, 0.717) is 38.5 Å². The number of benzene rings is 4. The van der Waals surface area contributed by atoms with Crippen LogP contribution in [0.1, 0.15) is 22.3 Å². The number of aryl methyl sites for hydroxylation is 1. The summed E-state index contributed by atoms with van der Waals surface area (Å²) in [5, 5.41) is 19.1. The summed E-state index contributed by atoms with van der Waals surface area (Å²) in [5.74, 6) is -0.364. The van der Waals surface area contributed by atoms with Gasteiger partial charge in [-0.1, -0.05) is 59.1 Å². The Kier molecular flexibility index (Phi) is 7.54. The SMILES string of the molecule is Cc1ccc2cc(-c3c(Oc4ccc(C(=O)NCCC(=O)O)cc4)cnn3-c3cc(Cl)ccc3Cl)ccc2c1. The summed E-state index contributed by atoms with van der Waals surface area (Å²) in [6, 6.07) is 24.1. The van der Waals surface area contributed by atoms with Crippen LogP contribution in [0, 0.1) is 6.92 Å². The molecule has 5 aromatic rings. The van der Waals surface area contributed by atoms with Gasteiger partial charge >= 0.3 is 5.97 Å². The molecule has 7 nitrogen and oxygen atoms in total. The topological polar surface area (TPSA) is 93.4 Å². The molecule has 0 saturated carbocycles. The highest BCUT2D eigenvalue weighted by molar-refractivity contribution is 6.34. The van der Waals surface area contributed by atoms with Gasteiger partial charge in [-0.2, -0.15) is 5.10 Å². The molecule has 1 aromatic heterocycles. The molecule has 0 spiro atoms. The number of amides is 1. The van der Waals surface area contributed by atoms with Gasteiger partial charge in [-0.05, 0) is 66.2 Å². The van der Waals surface area contributed by atoms with Crippen molar-refractivity contribution in [3.05, 3.63) is 106 Å². The summed E-state index contributed by atoms with van der Waals surface area (Å²) in [5.41, 5.74) is 3.71. The van der Waals surface area contributed by atoms with E-state index < -0.39 is 5.97 Å². The van der Waals surface area contributed by atoms with Crippen LogP contribution in [0.2, 0.25) is 10.0 Å². The van der Waals surface area contributed by atoms with Crippen LogP contribution in [0.25, 0.3) is 27.7 Å². The minimum atomic E-state index is -0.976. The maximum absolute atomic E-state index is 12.3. The zero-order valence-corrected chi connectivity index (χ0v) is 22.3. The van der Waals surface area contributed by atoms with E-state index in [1.165, 1.54) is 5.56 Å². The van der Waals surface area contributed by atoms with Gasteiger partial charge in [0.05, 0.1) is 23.3 Å². The highest BCUT2D eigenvalue weighted by Gasteiger charge is 2.19. The molecule has 0 saturated heterocycles. The molecule has 0 fully saturated rings. The average molecular weight is 560 g/mol. The number of hydrogen-bond acceptors (Lipinski definition) is 4. The zero-order valence-electron chi connectivity index (χ0n) is 20.8. The third-order valence-electron chi connectivity index (χ3n) is 6.11. The van der Waals surface area contributed by atoms with Gasteiger partial charge in [0.15, 0.2) is 5.75 Å². The van der Waals surface area contributed by atoms with Gasteiger partial charge in [-0.3, -0.25) is 9.59 Å². The van der Waals surface area contributed by atoms with E-state index in [0.717, 1.165) is 16.3 Å². The molecule has 0 aliphatic carbocycles. The number of fused-ring (bicyclic) bond motifs is 1. The van der Waals surface area contributed by atoms with Crippen LogP contribution in [0.3, 0.4) is 0 Å². The van der Waals surface area contributed by atoms with E-state index in [2.05, 4.69) is 47.7 Å².